The Morgan fingerprint density at radius 2 is 2.13 bits per heavy atom. The van der Waals surface area contributed by atoms with Crippen LogP contribution in [0.4, 0.5) is 5.69 Å². The molecule has 0 fully saturated rings. The number of benzene rings is 1. The molecular weight excluding hydrogens is 194 g/mol. The Bertz CT molecular complexity index is 489. The summed E-state index contributed by atoms with van der Waals surface area (Å²) in [5.74, 6) is -0.986. The van der Waals surface area contributed by atoms with Crippen molar-refractivity contribution in [2.24, 2.45) is 0 Å². The lowest BCUT2D eigenvalue weighted by Gasteiger charge is -2.03. The van der Waals surface area contributed by atoms with Gasteiger partial charge in [0.25, 0.3) is 0 Å². The third-order valence-electron chi connectivity index (χ3n) is 2.13. The fraction of sp³-hybridized carbons (Fsp3) is 0. The number of carbonyl (C=O) groups is 1. The number of anilines is 1. The summed E-state index contributed by atoms with van der Waals surface area (Å²) in [4.78, 5) is 10.7. The van der Waals surface area contributed by atoms with Gasteiger partial charge in [0.2, 0.25) is 0 Å². The number of furan rings is 1. The number of carboxylic acid groups (broad SMARTS) is 1. The van der Waals surface area contributed by atoms with Crippen molar-refractivity contribution in [3.8, 4) is 11.1 Å². The van der Waals surface area contributed by atoms with E-state index in [1.54, 1.807) is 24.7 Å². The lowest BCUT2D eigenvalue weighted by atomic mass is 10.0. The second-order valence-electron chi connectivity index (χ2n) is 3.12. The predicted molar refractivity (Wildman–Crippen MR) is 55.5 cm³/mol. The molecule has 2 aromatic rings. The van der Waals surface area contributed by atoms with E-state index in [9.17, 15) is 4.79 Å². The first kappa shape index (κ1) is 9.33. The molecule has 76 valence electrons. The Balaban J connectivity index is 2.48. The summed E-state index contributed by atoms with van der Waals surface area (Å²) in [7, 11) is 0. The predicted octanol–water partition coefficient (Wildman–Crippen LogP) is 2.23. The van der Waals surface area contributed by atoms with Crippen LogP contribution in [-0.4, -0.2) is 11.1 Å². The molecule has 0 radical (unpaired) electrons. The van der Waals surface area contributed by atoms with Crippen LogP contribution in [0.25, 0.3) is 11.1 Å². The standard InChI is InChI=1S/C11H9NO3/c12-10-5-7(11(13)14)1-2-9(10)8-3-4-15-6-8/h1-6H,12H2,(H,13,14). The first-order valence-electron chi connectivity index (χ1n) is 4.34. The highest BCUT2D eigenvalue weighted by Crippen LogP contribution is 2.26. The zero-order chi connectivity index (χ0) is 10.8. The Labute approximate surface area is 85.9 Å². The number of nitrogens with two attached hydrogens (primary N) is 1. The van der Waals surface area contributed by atoms with Gasteiger partial charge in [0.1, 0.15) is 0 Å². The molecule has 3 N–H and O–H groups in total. The minimum atomic E-state index is -0.986. The third-order valence-corrected chi connectivity index (χ3v) is 2.13. The minimum absolute atomic E-state index is 0.180. The van der Waals surface area contributed by atoms with E-state index >= 15 is 0 Å². The molecule has 0 aliphatic carbocycles. The van der Waals surface area contributed by atoms with Gasteiger partial charge in [-0.05, 0) is 18.2 Å². The fourth-order valence-corrected chi connectivity index (χ4v) is 1.38. The highest BCUT2D eigenvalue weighted by Gasteiger charge is 2.08. The summed E-state index contributed by atoms with van der Waals surface area (Å²) in [6.45, 7) is 0. The number of hydrogen-bond acceptors (Lipinski definition) is 3. The van der Waals surface area contributed by atoms with Crippen LogP contribution in [0.15, 0.2) is 41.2 Å². The van der Waals surface area contributed by atoms with Crippen molar-refractivity contribution in [2.75, 3.05) is 5.73 Å². The van der Waals surface area contributed by atoms with Gasteiger partial charge in [0.15, 0.2) is 0 Å². The lowest BCUT2D eigenvalue weighted by molar-refractivity contribution is 0.0697. The van der Waals surface area contributed by atoms with Crippen molar-refractivity contribution in [1.29, 1.82) is 0 Å². The van der Waals surface area contributed by atoms with Crippen LogP contribution in [0.2, 0.25) is 0 Å². The molecule has 4 nitrogen and oxygen atoms in total. The number of rotatable bonds is 2. The molecule has 15 heavy (non-hydrogen) atoms. The average molecular weight is 203 g/mol. The van der Waals surface area contributed by atoms with Gasteiger partial charge >= 0.3 is 5.97 Å². The molecular formula is C11H9NO3. The highest BCUT2D eigenvalue weighted by molar-refractivity contribution is 5.91. The van der Waals surface area contributed by atoms with Crippen molar-refractivity contribution in [3.05, 3.63) is 42.4 Å². The van der Waals surface area contributed by atoms with Gasteiger partial charge in [-0.2, -0.15) is 0 Å². The Morgan fingerprint density at radius 1 is 1.33 bits per heavy atom. The molecule has 0 saturated heterocycles. The monoisotopic (exact) mass is 203 g/mol. The maximum absolute atomic E-state index is 10.7. The molecule has 1 aromatic carbocycles. The summed E-state index contributed by atoms with van der Waals surface area (Å²) in [6, 6.07) is 6.39. The molecule has 0 aliphatic heterocycles. The normalized spacial score (nSPS) is 10.1. The van der Waals surface area contributed by atoms with Crippen molar-refractivity contribution < 1.29 is 14.3 Å². The van der Waals surface area contributed by atoms with Crippen LogP contribution in [0.1, 0.15) is 10.4 Å². The van der Waals surface area contributed by atoms with Crippen LogP contribution < -0.4 is 5.73 Å². The van der Waals surface area contributed by atoms with Crippen molar-refractivity contribution >= 4 is 11.7 Å². The Hall–Kier alpha value is -2.23. The van der Waals surface area contributed by atoms with E-state index in [2.05, 4.69) is 0 Å². The molecule has 0 bridgehead atoms. The molecule has 4 heteroatoms. The lowest BCUT2D eigenvalue weighted by Crippen LogP contribution is -1.98. The van der Waals surface area contributed by atoms with E-state index in [-0.39, 0.29) is 5.56 Å². The zero-order valence-corrected chi connectivity index (χ0v) is 7.81. The SMILES string of the molecule is Nc1cc(C(=O)O)ccc1-c1ccoc1. The van der Waals surface area contributed by atoms with Crippen molar-refractivity contribution in [1.82, 2.24) is 0 Å². The average Bonchev–Trinajstić information content (AvgIpc) is 2.70. The number of carboxylic acids is 1. The molecule has 0 aliphatic rings. The molecule has 0 atom stereocenters. The number of hydrogen-bond donors (Lipinski definition) is 2. The van der Waals surface area contributed by atoms with E-state index in [4.69, 9.17) is 15.3 Å². The van der Waals surface area contributed by atoms with Gasteiger partial charge in [0.05, 0.1) is 18.1 Å². The summed E-state index contributed by atoms with van der Waals surface area (Å²) in [5, 5.41) is 8.76. The Morgan fingerprint density at radius 3 is 2.67 bits per heavy atom. The summed E-state index contributed by atoms with van der Waals surface area (Å²) < 4.78 is 4.93. The summed E-state index contributed by atoms with van der Waals surface area (Å²) in [6.07, 6.45) is 3.10. The molecule has 0 spiro atoms. The topological polar surface area (TPSA) is 76.5 Å². The van der Waals surface area contributed by atoms with Crippen molar-refractivity contribution in [3.63, 3.8) is 0 Å². The fourth-order valence-electron chi connectivity index (χ4n) is 1.38. The van der Waals surface area contributed by atoms with Gasteiger partial charge in [-0.1, -0.05) is 6.07 Å². The van der Waals surface area contributed by atoms with Gasteiger partial charge < -0.3 is 15.3 Å². The van der Waals surface area contributed by atoms with Gasteiger partial charge in [0, 0.05) is 16.8 Å². The molecule has 0 amide bonds. The second-order valence-corrected chi connectivity index (χ2v) is 3.12. The quantitative estimate of drug-likeness (QED) is 0.733. The molecule has 0 saturated carbocycles. The zero-order valence-electron chi connectivity index (χ0n) is 7.81. The minimum Gasteiger partial charge on any atom is -0.478 e. The third kappa shape index (κ3) is 1.69. The molecule has 0 unspecified atom stereocenters. The van der Waals surface area contributed by atoms with Crippen LogP contribution in [0, 0.1) is 0 Å². The van der Waals surface area contributed by atoms with Crippen LogP contribution in [0.5, 0.6) is 0 Å². The summed E-state index contributed by atoms with van der Waals surface area (Å²) >= 11 is 0. The van der Waals surface area contributed by atoms with Crippen LogP contribution >= 0.6 is 0 Å². The number of aromatic carboxylic acids is 1. The molecule has 2 rings (SSSR count). The van der Waals surface area contributed by atoms with Crippen molar-refractivity contribution in [2.45, 2.75) is 0 Å². The first-order chi connectivity index (χ1) is 7.18. The largest absolute Gasteiger partial charge is 0.478 e. The van der Waals surface area contributed by atoms with Gasteiger partial charge in [-0.15, -0.1) is 0 Å². The van der Waals surface area contributed by atoms with Crippen LogP contribution in [0.3, 0.4) is 0 Å². The second kappa shape index (κ2) is 3.49. The van der Waals surface area contributed by atoms with E-state index in [0.29, 0.717) is 5.69 Å². The molecule has 1 heterocycles. The highest BCUT2D eigenvalue weighted by atomic mass is 16.4. The van der Waals surface area contributed by atoms with Crippen LogP contribution in [-0.2, 0) is 0 Å². The maximum atomic E-state index is 10.7. The summed E-state index contributed by atoms with van der Waals surface area (Å²) in [5.41, 5.74) is 7.96. The molecule has 1 aromatic heterocycles. The van der Waals surface area contributed by atoms with Gasteiger partial charge in [-0.25, -0.2) is 4.79 Å². The smallest absolute Gasteiger partial charge is 0.335 e. The van der Waals surface area contributed by atoms with E-state index in [1.807, 2.05) is 0 Å². The Kier molecular flexibility index (Phi) is 2.17. The van der Waals surface area contributed by atoms with E-state index in [0.717, 1.165) is 11.1 Å². The van der Waals surface area contributed by atoms with E-state index in [1.165, 1.54) is 12.1 Å². The first-order valence-corrected chi connectivity index (χ1v) is 4.34. The van der Waals surface area contributed by atoms with Gasteiger partial charge in [-0.3, -0.25) is 0 Å². The van der Waals surface area contributed by atoms with E-state index < -0.39 is 5.97 Å². The number of nitrogen functional groups attached to an aromatic ring is 1. The maximum Gasteiger partial charge on any atom is 0.335 e.